The summed E-state index contributed by atoms with van der Waals surface area (Å²) in [7, 11) is 0. The molecule has 0 aliphatic rings. The van der Waals surface area contributed by atoms with Gasteiger partial charge in [0.25, 0.3) is 0 Å². The van der Waals surface area contributed by atoms with E-state index in [9.17, 15) is 9.59 Å². The zero-order valence-corrected chi connectivity index (χ0v) is 8.79. The van der Waals surface area contributed by atoms with Gasteiger partial charge < -0.3 is 10.2 Å². The molecule has 0 aliphatic heterocycles. The van der Waals surface area contributed by atoms with Crippen molar-refractivity contribution in [1.29, 1.82) is 0 Å². The van der Waals surface area contributed by atoms with Crippen molar-refractivity contribution in [3.63, 3.8) is 0 Å². The summed E-state index contributed by atoms with van der Waals surface area (Å²) in [6.07, 6.45) is 0. The van der Waals surface area contributed by atoms with Gasteiger partial charge in [-0.2, -0.15) is 0 Å². The van der Waals surface area contributed by atoms with Crippen LogP contribution in [0.5, 0.6) is 0 Å². The highest BCUT2D eigenvalue weighted by atomic mass is 16.4. The van der Waals surface area contributed by atoms with Gasteiger partial charge in [0, 0.05) is 0 Å². The molecule has 0 aromatic carbocycles. The van der Waals surface area contributed by atoms with Crippen LogP contribution in [0, 0.1) is 11.3 Å². The van der Waals surface area contributed by atoms with Crippen LogP contribution in [0.2, 0.25) is 0 Å². The second kappa shape index (κ2) is 5.56. The molecule has 0 atom stereocenters. The van der Waals surface area contributed by atoms with Crippen LogP contribution in [0.15, 0.2) is 0 Å². The van der Waals surface area contributed by atoms with E-state index in [1.807, 2.05) is 0 Å². The van der Waals surface area contributed by atoms with E-state index in [0.29, 0.717) is 0 Å². The molecule has 0 bridgehead atoms. The van der Waals surface area contributed by atoms with E-state index in [1.165, 1.54) is 0 Å². The number of hydrogen-bond donors (Lipinski definition) is 2. The van der Waals surface area contributed by atoms with Gasteiger partial charge in [-0.15, -0.1) is 0 Å². The first-order valence-electron chi connectivity index (χ1n) is 4.05. The Labute approximate surface area is 78.6 Å². The SMILES string of the molecule is CC(C)(C)C(=O)O.CC(C)C(=O)O. The van der Waals surface area contributed by atoms with Gasteiger partial charge in [-0.1, -0.05) is 13.8 Å². The van der Waals surface area contributed by atoms with Crippen molar-refractivity contribution < 1.29 is 19.8 Å². The van der Waals surface area contributed by atoms with E-state index in [1.54, 1.807) is 34.6 Å². The van der Waals surface area contributed by atoms with E-state index in [0.717, 1.165) is 0 Å². The molecule has 0 heterocycles. The first kappa shape index (κ1) is 14.5. The van der Waals surface area contributed by atoms with E-state index in [-0.39, 0.29) is 5.92 Å². The molecule has 0 aromatic rings. The Morgan fingerprint density at radius 2 is 1.23 bits per heavy atom. The number of carboxylic acids is 2. The van der Waals surface area contributed by atoms with Gasteiger partial charge >= 0.3 is 11.9 Å². The third-order valence-electron chi connectivity index (χ3n) is 1.14. The molecule has 0 rings (SSSR count). The van der Waals surface area contributed by atoms with Crippen molar-refractivity contribution in [2.75, 3.05) is 0 Å². The minimum Gasteiger partial charge on any atom is -0.481 e. The number of carboxylic acid groups (broad SMARTS) is 2. The molecule has 4 heteroatoms. The highest BCUT2D eigenvalue weighted by Gasteiger charge is 2.18. The second-order valence-corrected chi connectivity index (χ2v) is 4.05. The molecule has 0 fully saturated rings. The normalized spacial score (nSPS) is 10.3. The lowest BCUT2D eigenvalue weighted by Crippen LogP contribution is -2.18. The monoisotopic (exact) mass is 190 g/mol. The highest BCUT2D eigenvalue weighted by molar-refractivity contribution is 5.72. The van der Waals surface area contributed by atoms with E-state index < -0.39 is 17.4 Å². The Bertz CT molecular complexity index is 177. The molecular formula is C9H18O4. The number of hydrogen-bond acceptors (Lipinski definition) is 2. The van der Waals surface area contributed by atoms with Crippen LogP contribution in [-0.4, -0.2) is 22.2 Å². The number of aliphatic carboxylic acids is 2. The summed E-state index contributed by atoms with van der Waals surface area (Å²) < 4.78 is 0. The fraction of sp³-hybridized carbons (Fsp3) is 0.778. The molecule has 78 valence electrons. The molecule has 0 spiro atoms. The summed E-state index contributed by atoms with van der Waals surface area (Å²) in [5.41, 5.74) is -0.583. The van der Waals surface area contributed by atoms with Gasteiger partial charge in [-0.25, -0.2) is 0 Å². The average molecular weight is 190 g/mol. The molecular weight excluding hydrogens is 172 g/mol. The van der Waals surface area contributed by atoms with Crippen LogP contribution >= 0.6 is 0 Å². The van der Waals surface area contributed by atoms with Crippen LogP contribution < -0.4 is 0 Å². The largest absolute Gasteiger partial charge is 0.481 e. The molecule has 0 aromatic heterocycles. The minimum atomic E-state index is -0.757. The Balaban J connectivity index is 0. The van der Waals surface area contributed by atoms with Crippen molar-refractivity contribution in [3.05, 3.63) is 0 Å². The van der Waals surface area contributed by atoms with Gasteiger partial charge in [0.1, 0.15) is 0 Å². The fourth-order valence-corrected chi connectivity index (χ4v) is 0. The van der Waals surface area contributed by atoms with Crippen LogP contribution in [-0.2, 0) is 9.59 Å². The lowest BCUT2D eigenvalue weighted by molar-refractivity contribution is -0.146. The summed E-state index contributed by atoms with van der Waals surface area (Å²) in [5.74, 6) is -1.73. The van der Waals surface area contributed by atoms with Gasteiger partial charge in [-0.3, -0.25) is 9.59 Å². The van der Waals surface area contributed by atoms with Gasteiger partial charge in [0.2, 0.25) is 0 Å². The lowest BCUT2D eigenvalue weighted by Gasteiger charge is -2.08. The summed E-state index contributed by atoms with van der Waals surface area (Å²) in [5, 5.41) is 16.2. The second-order valence-electron chi connectivity index (χ2n) is 4.05. The molecule has 13 heavy (non-hydrogen) atoms. The summed E-state index contributed by atoms with van der Waals surface area (Å²) >= 11 is 0. The van der Waals surface area contributed by atoms with Crippen molar-refractivity contribution in [1.82, 2.24) is 0 Å². The molecule has 0 radical (unpaired) electrons. The van der Waals surface area contributed by atoms with Gasteiger partial charge in [0.15, 0.2) is 0 Å². The zero-order chi connectivity index (χ0) is 11.2. The topological polar surface area (TPSA) is 74.6 Å². The highest BCUT2D eigenvalue weighted by Crippen LogP contribution is 2.11. The molecule has 0 saturated carbocycles. The predicted octanol–water partition coefficient (Wildman–Crippen LogP) is 1.84. The molecule has 0 aliphatic carbocycles. The van der Waals surface area contributed by atoms with Crippen LogP contribution in [0.3, 0.4) is 0 Å². The standard InChI is InChI=1S/C5H10O2.C4H8O2/c1-5(2,3)4(6)7;1-3(2)4(5)6/h1-3H3,(H,6,7);3H,1-2H3,(H,5,6). The Morgan fingerprint density at radius 3 is 1.23 bits per heavy atom. The van der Waals surface area contributed by atoms with Crippen molar-refractivity contribution >= 4 is 11.9 Å². The number of rotatable bonds is 1. The molecule has 2 N–H and O–H groups in total. The minimum absolute atomic E-state index is 0.231. The quantitative estimate of drug-likeness (QED) is 0.661. The smallest absolute Gasteiger partial charge is 0.308 e. The number of carbonyl (C=O) groups is 2. The van der Waals surface area contributed by atoms with Crippen LogP contribution in [0.4, 0.5) is 0 Å². The van der Waals surface area contributed by atoms with Crippen molar-refractivity contribution in [2.45, 2.75) is 34.6 Å². The lowest BCUT2D eigenvalue weighted by atomic mass is 9.98. The van der Waals surface area contributed by atoms with E-state index in [4.69, 9.17) is 10.2 Å². The molecule has 0 unspecified atom stereocenters. The van der Waals surface area contributed by atoms with Crippen LogP contribution in [0.25, 0.3) is 0 Å². The summed E-state index contributed by atoms with van der Waals surface area (Å²) in [6, 6.07) is 0. The Kier molecular flexibility index (Phi) is 6.19. The Hall–Kier alpha value is -1.06. The molecule has 0 saturated heterocycles. The first-order valence-corrected chi connectivity index (χ1v) is 4.05. The first-order chi connectivity index (χ1) is 5.59. The third kappa shape index (κ3) is 10.9. The van der Waals surface area contributed by atoms with Gasteiger partial charge in [0.05, 0.1) is 11.3 Å². The van der Waals surface area contributed by atoms with E-state index >= 15 is 0 Å². The molecule has 4 nitrogen and oxygen atoms in total. The maximum absolute atomic E-state index is 10.0. The van der Waals surface area contributed by atoms with E-state index in [2.05, 4.69) is 0 Å². The summed E-state index contributed by atoms with van der Waals surface area (Å²) in [6.45, 7) is 8.27. The fourth-order valence-electron chi connectivity index (χ4n) is 0. The average Bonchev–Trinajstić information content (AvgIpc) is 1.86. The van der Waals surface area contributed by atoms with Crippen molar-refractivity contribution in [3.8, 4) is 0 Å². The predicted molar refractivity (Wildman–Crippen MR) is 49.6 cm³/mol. The maximum atomic E-state index is 10.0. The van der Waals surface area contributed by atoms with Crippen molar-refractivity contribution in [2.24, 2.45) is 11.3 Å². The Morgan fingerprint density at radius 1 is 1.08 bits per heavy atom. The van der Waals surface area contributed by atoms with Gasteiger partial charge in [-0.05, 0) is 20.8 Å². The van der Waals surface area contributed by atoms with Crippen LogP contribution in [0.1, 0.15) is 34.6 Å². The zero-order valence-electron chi connectivity index (χ0n) is 8.79. The summed E-state index contributed by atoms with van der Waals surface area (Å²) in [4.78, 5) is 19.7. The maximum Gasteiger partial charge on any atom is 0.308 e. The molecule has 0 amide bonds. The third-order valence-corrected chi connectivity index (χ3v) is 1.14.